The number of likely N-dealkylation sites (tertiary alicyclic amines) is 1. The Balaban J connectivity index is 1.59. The number of nitrogens with zero attached hydrogens (tertiary/aromatic N) is 2. The molecule has 1 saturated carbocycles. The largest absolute Gasteiger partial charge is 0.444 e. The van der Waals surface area contributed by atoms with Gasteiger partial charge in [-0.3, -0.25) is 4.90 Å². The number of carbonyl (C=O) groups is 1. The lowest BCUT2D eigenvalue weighted by Gasteiger charge is -2.27. The Morgan fingerprint density at radius 3 is 2.62 bits per heavy atom. The van der Waals surface area contributed by atoms with E-state index in [1.807, 2.05) is 31.9 Å². The summed E-state index contributed by atoms with van der Waals surface area (Å²) in [6.45, 7) is 6.49. The fourth-order valence-corrected chi connectivity index (χ4v) is 3.99. The van der Waals surface area contributed by atoms with Gasteiger partial charge in [0.05, 0.1) is 17.9 Å². The lowest BCUT2D eigenvalue weighted by atomic mass is 10.0. The van der Waals surface area contributed by atoms with E-state index in [9.17, 15) is 4.79 Å². The van der Waals surface area contributed by atoms with Gasteiger partial charge in [-0.15, -0.1) is 0 Å². The van der Waals surface area contributed by atoms with Crippen LogP contribution in [0.1, 0.15) is 51.9 Å². The molecular formula is C20H24IN3O2. The van der Waals surface area contributed by atoms with E-state index in [-0.39, 0.29) is 17.6 Å². The molecule has 2 heterocycles. The van der Waals surface area contributed by atoms with Crippen LogP contribution >= 0.6 is 22.6 Å². The zero-order chi connectivity index (χ0) is 18.5. The molecule has 5 nitrogen and oxygen atoms in total. The second-order valence-corrected chi connectivity index (χ2v) is 9.76. The topological polar surface area (TPSA) is 58.2 Å². The van der Waals surface area contributed by atoms with Crippen LogP contribution in [0, 0.1) is 8.99 Å². The molecule has 1 aliphatic heterocycles. The molecule has 0 radical (unpaired) electrons. The van der Waals surface area contributed by atoms with E-state index in [1.54, 1.807) is 0 Å². The lowest BCUT2D eigenvalue weighted by molar-refractivity contribution is 0.0212. The molecule has 2 fully saturated rings. The summed E-state index contributed by atoms with van der Waals surface area (Å²) in [5.74, 6) is 0.855. The van der Waals surface area contributed by atoms with Crippen molar-refractivity contribution in [1.29, 1.82) is 0 Å². The minimum Gasteiger partial charge on any atom is -0.444 e. The van der Waals surface area contributed by atoms with Crippen molar-refractivity contribution in [3.63, 3.8) is 0 Å². The maximum atomic E-state index is 12.7. The molecule has 1 unspecified atom stereocenters. The van der Waals surface area contributed by atoms with Gasteiger partial charge in [0.25, 0.3) is 0 Å². The van der Waals surface area contributed by atoms with Crippen LogP contribution in [0.4, 0.5) is 4.79 Å². The fourth-order valence-electron chi connectivity index (χ4n) is 3.63. The normalized spacial score (nSPS) is 21.2. The lowest BCUT2D eigenvalue weighted by Crippen LogP contribution is -2.37. The average Bonchev–Trinajstić information content (AvgIpc) is 2.98. The predicted octanol–water partition coefficient (Wildman–Crippen LogP) is 5.14. The van der Waals surface area contributed by atoms with E-state index >= 15 is 0 Å². The van der Waals surface area contributed by atoms with Crippen molar-refractivity contribution in [3.05, 3.63) is 39.9 Å². The molecule has 1 N–H and O–H groups in total. The number of rotatable bonds is 2. The van der Waals surface area contributed by atoms with Gasteiger partial charge in [0.2, 0.25) is 0 Å². The first kappa shape index (κ1) is 17.8. The number of nitrogens with one attached hydrogen (secondary N) is 1. The number of hydrogen-bond acceptors (Lipinski definition) is 3. The Kier molecular flexibility index (Phi) is 4.28. The van der Waals surface area contributed by atoms with Crippen molar-refractivity contribution in [1.82, 2.24) is 14.9 Å². The van der Waals surface area contributed by atoms with Crippen LogP contribution in [-0.2, 0) is 4.74 Å². The standard InChI is InChI=1S/C20H24IN3O2/c1-19(2,3)26-18(25)24-12-20(8-9-20)10-16(24)17-22-11-15(23-17)13-4-6-14(21)7-5-13/h4-7,11,16H,8-10,12H2,1-3H3,(H,22,23). The Bertz CT molecular complexity index is 818. The van der Waals surface area contributed by atoms with E-state index in [0.29, 0.717) is 0 Å². The molecular weight excluding hydrogens is 441 g/mol. The molecule has 1 spiro atoms. The summed E-state index contributed by atoms with van der Waals surface area (Å²) in [5.41, 5.74) is 1.87. The molecule has 1 saturated heterocycles. The summed E-state index contributed by atoms with van der Waals surface area (Å²) in [6, 6.07) is 8.30. The first-order chi connectivity index (χ1) is 12.2. The van der Waals surface area contributed by atoms with Gasteiger partial charge in [-0.2, -0.15) is 0 Å². The number of carbonyl (C=O) groups excluding carboxylic acids is 1. The molecule has 1 aromatic heterocycles. The monoisotopic (exact) mass is 465 g/mol. The molecule has 1 aromatic carbocycles. The van der Waals surface area contributed by atoms with E-state index in [1.165, 1.54) is 16.4 Å². The van der Waals surface area contributed by atoms with Crippen LogP contribution < -0.4 is 0 Å². The molecule has 0 bridgehead atoms. The Hall–Kier alpha value is -1.57. The van der Waals surface area contributed by atoms with Crippen LogP contribution in [0.3, 0.4) is 0 Å². The first-order valence-electron chi connectivity index (χ1n) is 9.05. The third-order valence-corrected chi connectivity index (χ3v) is 5.88. The number of H-pyrrole nitrogens is 1. The Labute approximate surface area is 167 Å². The van der Waals surface area contributed by atoms with Crippen LogP contribution in [0.25, 0.3) is 11.3 Å². The molecule has 6 heteroatoms. The van der Waals surface area contributed by atoms with Gasteiger partial charge in [0.15, 0.2) is 0 Å². The second-order valence-electron chi connectivity index (χ2n) is 8.52. The Morgan fingerprint density at radius 2 is 2.00 bits per heavy atom. The average molecular weight is 465 g/mol. The highest BCUT2D eigenvalue weighted by Crippen LogP contribution is 2.58. The van der Waals surface area contributed by atoms with E-state index in [2.05, 4.69) is 56.8 Å². The summed E-state index contributed by atoms with van der Waals surface area (Å²) in [7, 11) is 0. The number of benzene rings is 1. The summed E-state index contributed by atoms with van der Waals surface area (Å²) in [4.78, 5) is 22.7. The number of hydrogen-bond donors (Lipinski definition) is 1. The summed E-state index contributed by atoms with van der Waals surface area (Å²) >= 11 is 2.30. The molecule has 138 valence electrons. The van der Waals surface area contributed by atoms with Gasteiger partial charge in [0, 0.05) is 10.1 Å². The van der Waals surface area contributed by atoms with Gasteiger partial charge < -0.3 is 9.72 Å². The number of halogens is 1. The van der Waals surface area contributed by atoms with Crippen LogP contribution in [0.5, 0.6) is 0 Å². The van der Waals surface area contributed by atoms with E-state index < -0.39 is 5.60 Å². The summed E-state index contributed by atoms with van der Waals surface area (Å²) in [6.07, 6.45) is 4.97. The van der Waals surface area contributed by atoms with E-state index in [4.69, 9.17) is 4.74 Å². The predicted molar refractivity (Wildman–Crippen MR) is 109 cm³/mol. The number of aromatic nitrogens is 2. The van der Waals surface area contributed by atoms with Crippen molar-refractivity contribution < 1.29 is 9.53 Å². The molecule has 2 aliphatic rings. The highest BCUT2D eigenvalue weighted by Gasteiger charge is 2.55. The number of aromatic amines is 1. The highest BCUT2D eigenvalue weighted by atomic mass is 127. The molecule has 1 atom stereocenters. The van der Waals surface area contributed by atoms with Crippen LogP contribution in [0.15, 0.2) is 30.5 Å². The number of amides is 1. The first-order valence-corrected chi connectivity index (χ1v) is 10.1. The fraction of sp³-hybridized carbons (Fsp3) is 0.500. The summed E-state index contributed by atoms with van der Waals surface area (Å²) in [5, 5.41) is 0. The third kappa shape index (κ3) is 3.61. The smallest absolute Gasteiger partial charge is 0.410 e. The molecule has 2 aromatic rings. The van der Waals surface area contributed by atoms with Crippen molar-refractivity contribution >= 4 is 28.7 Å². The SMILES string of the molecule is CC(C)(C)OC(=O)N1CC2(CC2)CC1c1ncc(-c2ccc(I)cc2)[nH]1. The zero-order valence-corrected chi connectivity index (χ0v) is 17.5. The maximum absolute atomic E-state index is 12.7. The quantitative estimate of drug-likeness (QED) is 0.625. The van der Waals surface area contributed by atoms with Gasteiger partial charge in [-0.05, 0) is 85.7 Å². The minimum absolute atomic E-state index is 0.0371. The molecule has 26 heavy (non-hydrogen) atoms. The maximum Gasteiger partial charge on any atom is 0.410 e. The summed E-state index contributed by atoms with van der Waals surface area (Å²) < 4.78 is 6.85. The van der Waals surface area contributed by atoms with Crippen LogP contribution in [-0.4, -0.2) is 33.1 Å². The van der Waals surface area contributed by atoms with Crippen molar-refractivity contribution in [3.8, 4) is 11.3 Å². The highest BCUT2D eigenvalue weighted by molar-refractivity contribution is 14.1. The minimum atomic E-state index is -0.490. The van der Waals surface area contributed by atoms with Crippen LogP contribution in [0.2, 0.25) is 0 Å². The molecule has 1 aliphatic carbocycles. The van der Waals surface area contributed by atoms with Crippen molar-refractivity contribution in [2.75, 3.05) is 6.54 Å². The van der Waals surface area contributed by atoms with Crippen molar-refractivity contribution in [2.45, 2.75) is 51.7 Å². The van der Waals surface area contributed by atoms with Gasteiger partial charge in [0.1, 0.15) is 11.4 Å². The zero-order valence-electron chi connectivity index (χ0n) is 15.4. The number of ether oxygens (including phenoxy) is 1. The van der Waals surface area contributed by atoms with Gasteiger partial charge in [-0.1, -0.05) is 12.1 Å². The molecule has 1 amide bonds. The van der Waals surface area contributed by atoms with E-state index in [0.717, 1.165) is 30.0 Å². The van der Waals surface area contributed by atoms with Gasteiger partial charge in [-0.25, -0.2) is 9.78 Å². The Morgan fingerprint density at radius 1 is 1.31 bits per heavy atom. The number of imidazole rings is 1. The van der Waals surface area contributed by atoms with Crippen molar-refractivity contribution in [2.24, 2.45) is 5.41 Å². The third-order valence-electron chi connectivity index (χ3n) is 5.16. The molecule has 4 rings (SSSR count). The second kappa shape index (κ2) is 6.25. The van der Waals surface area contributed by atoms with Gasteiger partial charge >= 0.3 is 6.09 Å².